The first kappa shape index (κ1) is 21.2. The third-order valence-corrected chi connectivity index (χ3v) is 5.18. The number of carbonyl (C=O) groups is 2. The number of nitrogens with zero attached hydrogens (tertiary/aromatic N) is 1. The van der Waals surface area contributed by atoms with Gasteiger partial charge in [0, 0.05) is 30.0 Å². The van der Waals surface area contributed by atoms with Crippen molar-refractivity contribution in [2.75, 3.05) is 0 Å². The van der Waals surface area contributed by atoms with Gasteiger partial charge in [-0.15, -0.1) is 0 Å². The maximum absolute atomic E-state index is 13.0. The summed E-state index contributed by atoms with van der Waals surface area (Å²) >= 11 is 0. The number of benzene rings is 3. The minimum absolute atomic E-state index is 0.0414. The fraction of sp³-hybridized carbons (Fsp3) is 0.115. The molecule has 0 saturated carbocycles. The van der Waals surface area contributed by atoms with Crippen LogP contribution in [0.3, 0.4) is 0 Å². The zero-order chi connectivity index (χ0) is 22.7. The monoisotopic (exact) mass is 428 g/mol. The fourth-order valence-electron chi connectivity index (χ4n) is 3.55. The van der Waals surface area contributed by atoms with E-state index in [2.05, 4.69) is 4.98 Å². The van der Waals surface area contributed by atoms with Gasteiger partial charge in [0.1, 0.15) is 23.1 Å². The third kappa shape index (κ3) is 4.81. The van der Waals surface area contributed by atoms with E-state index in [1.165, 1.54) is 12.1 Å². The SMILES string of the molecule is Cc1cc2nccc(Oc3ccc(CC(=O)Cc4ccc(F)cc4)cc3)c2cc1C(N)=O. The highest BCUT2D eigenvalue weighted by Crippen LogP contribution is 2.30. The first-order chi connectivity index (χ1) is 15.4. The molecule has 0 bridgehead atoms. The van der Waals surface area contributed by atoms with Crippen molar-refractivity contribution in [1.82, 2.24) is 4.98 Å². The van der Waals surface area contributed by atoms with Gasteiger partial charge in [-0.25, -0.2) is 4.39 Å². The number of Topliss-reactive ketones (excluding diaryl/α,β-unsaturated/α-hetero) is 1. The largest absolute Gasteiger partial charge is 0.457 e. The summed E-state index contributed by atoms with van der Waals surface area (Å²) in [6.45, 7) is 1.81. The van der Waals surface area contributed by atoms with E-state index in [0.29, 0.717) is 28.0 Å². The number of fused-ring (bicyclic) bond motifs is 1. The van der Waals surface area contributed by atoms with Gasteiger partial charge in [-0.05, 0) is 66.1 Å². The van der Waals surface area contributed by atoms with E-state index in [1.54, 1.807) is 48.7 Å². The molecule has 5 nitrogen and oxygen atoms in total. The highest BCUT2D eigenvalue weighted by molar-refractivity contribution is 5.99. The Hall–Kier alpha value is -4.06. The van der Waals surface area contributed by atoms with Gasteiger partial charge in [0.25, 0.3) is 0 Å². The number of hydrogen-bond acceptors (Lipinski definition) is 4. The normalized spacial score (nSPS) is 10.8. The molecule has 0 saturated heterocycles. The molecule has 3 aromatic carbocycles. The van der Waals surface area contributed by atoms with Crippen molar-refractivity contribution in [3.05, 3.63) is 101 Å². The van der Waals surface area contributed by atoms with Crippen LogP contribution in [0.25, 0.3) is 10.9 Å². The number of amides is 1. The van der Waals surface area contributed by atoms with E-state index in [9.17, 15) is 14.0 Å². The number of rotatable bonds is 7. The van der Waals surface area contributed by atoms with Crippen LogP contribution >= 0.6 is 0 Å². The average molecular weight is 428 g/mol. The molecule has 32 heavy (non-hydrogen) atoms. The summed E-state index contributed by atoms with van der Waals surface area (Å²) in [6.07, 6.45) is 2.17. The van der Waals surface area contributed by atoms with Crippen LogP contribution in [0.1, 0.15) is 27.0 Å². The topological polar surface area (TPSA) is 82.3 Å². The van der Waals surface area contributed by atoms with Crippen molar-refractivity contribution >= 4 is 22.6 Å². The molecule has 0 radical (unpaired) electrons. The zero-order valence-electron chi connectivity index (χ0n) is 17.5. The highest BCUT2D eigenvalue weighted by Gasteiger charge is 2.12. The lowest BCUT2D eigenvalue weighted by Crippen LogP contribution is -2.12. The van der Waals surface area contributed by atoms with Gasteiger partial charge in [0.2, 0.25) is 5.91 Å². The molecule has 0 aliphatic carbocycles. The van der Waals surface area contributed by atoms with Gasteiger partial charge in [0.05, 0.1) is 5.52 Å². The molecule has 6 heteroatoms. The van der Waals surface area contributed by atoms with Crippen molar-refractivity contribution in [3.8, 4) is 11.5 Å². The molecular weight excluding hydrogens is 407 g/mol. The molecule has 0 atom stereocenters. The summed E-state index contributed by atoms with van der Waals surface area (Å²) in [5, 5.41) is 0.686. The Balaban J connectivity index is 1.48. The highest BCUT2D eigenvalue weighted by atomic mass is 19.1. The van der Waals surface area contributed by atoms with Gasteiger partial charge in [-0.3, -0.25) is 14.6 Å². The molecule has 0 aliphatic heterocycles. The number of ketones is 1. The number of aromatic nitrogens is 1. The number of nitrogens with two attached hydrogens (primary N) is 1. The van der Waals surface area contributed by atoms with E-state index in [1.807, 2.05) is 19.1 Å². The number of hydrogen-bond donors (Lipinski definition) is 1. The van der Waals surface area contributed by atoms with Gasteiger partial charge >= 0.3 is 0 Å². The quantitative estimate of drug-likeness (QED) is 0.453. The smallest absolute Gasteiger partial charge is 0.248 e. The summed E-state index contributed by atoms with van der Waals surface area (Å²) < 4.78 is 19.0. The van der Waals surface area contributed by atoms with Crippen molar-refractivity contribution in [3.63, 3.8) is 0 Å². The second-order valence-corrected chi connectivity index (χ2v) is 7.62. The van der Waals surface area contributed by atoms with E-state index < -0.39 is 5.91 Å². The molecule has 2 N–H and O–H groups in total. The molecule has 1 heterocycles. The lowest BCUT2D eigenvalue weighted by Gasteiger charge is -2.11. The Morgan fingerprint density at radius 2 is 1.56 bits per heavy atom. The number of ether oxygens (including phenoxy) is 1. The summed E-state index contributed by atoms with van der Waals surface area (Å²) in [5.41, 5.74) is 8.99. The maximum atomic E-state index is 13.0. The van der Waals surface area contributed by atoms with Crippen LogP contribution in [0.5, 0.6) is 11.5 Å². The van der Waals surface area contributed by atoms with Gasteiger partial charge in [0.15, 0.2) is 0 Å². The second kappa shape index (κ2) is 8.98. The van der Waals surface area contributed by atoms with Crippen LogP contribution in [0.2, 0.25) is 0 Å². The number of carbonyl (C=O) groups excluding carboxylic acids is 2. The van der Waals surface area contributed by atoms with Crippen LogP contribution in [-0.2, 0) is 17.6 Å². The number of pyridine rings is 1. The van der Waals surface area contributed by atoms with Gasteiger partial charge in [-0.1, -0.05) is 24.3 Å². The standard InChI is InChI=1S/C26H21FN2O3/c1-16-12-24-23(15-22(16)26(28)31)25(10-11-29-24)32-21-8-4-18(5-9-21)14-20(30)13-17-2-6-19(27)7-3-17/h2-12,15H,13-14H2,1H3,(H2,28,31). The van der Waals surface area contributed by atoms with Crippen LogP contribution in [0.15, 0.2) is 72.9 Å². The van der Waals surface area contributed by atoms with E-state index in [0.717, 1.165) is 16.7 Å². The first-order valence-corrected chi connectivity index (χ1v) is 10.1. The molecule has 1 aromatic heterocycles. The summed E-state index contributed by atoms with van der Waals surface area (Å²) in [7, 11) is 0. The molecular formula is C26H21FN2O3. The van der Waals surface area contributed by atoms with Crippen molar-refractivity contribution in [2.45, 2.75) is 19.8 Å². The predicted molar refractivity (Wildman–Crippen MR) is 120 cm³/mol. The predicted octanol–water partition coefficient (Wildman–Crippen LogP) is 4.93. The Morgan fingerprint density at radius 1 is 0.938 bits per heavy atom. The molecule has 4 aromatic rings. The number of aryl methyl sites for hydroxylation is 1. The first-order valence-electron chi connectivity index (χ1n) is 10.1. The number of primary amides is 1. The number of halogens is 1. The third-order valence-electron chi connectivity index (χ3n) is 5.18. The van der Waals surface area contributed by atoms with E-state index in [-0.39, 0.29) is 24.4 Å². The molecule has 1 amide bonds. The van der Waals surface area contributed by atoms with Crippen molar-refractivity contribution in [2.24, 2.45) is 5.73 Å². The van der Waals surface area contributed by atoms with E-state index in [4.69, 9.17) is 10.5 Å². The minimum atomic E-state index is -0.506. The Bertz CT molecular complexity index is 1300. The van der Waals surface area contributed by atoms with Crippen LogP contribution in [-0.4, -0.2) is 16.7 Å². The summed E-state index contributed by atoms with van der Waals surface area (Å²) in [4.78, 5) is 28.4. The molecule has 4 rings (SSSR count). The lowest BCUT2D eigenvalue weighted by atomic mass is 10.0. The van der Waals surface area contributed by atoms with Crippen LogP contribution < -0.4 is 10.5 Å². The average Bonchev–Trinajstić information content (AvgIpc) is 2.76. The minimum Gasteiger partial charge on any atom is -0.457 e. The van der Waals surface area contributed by atoms with Crippen LogP contribution in [0, 0.1) is 12.7 Å². The summed E-state index contributed by atoms with van der Waals surface area (Å²) in [5.74, 6) is 0.361. The Morgan fingerprint density at radius 3 is 2.19 bits per heavy atom. The molecule has 160 valence electrons. The molecule has 0 spiro atoms. The fourth-order valence-corrected chi connectivity index (χ4v) is 3.55. The lowest BCUT2D eigenvalue weighted by molar-refractivity contribution is -0.117. The van der Waals surface area contributed by atoms with Gasteiger partial charge < -0.3 is 10.5 Å². The zero-order valence-corrected chi connectivity index (χ0v) is 17.5. The summed E-state index contributed by atoms with van der Waals surface area (Å²) in [6, 6.07) is 18.4. The van der Waals surface area contributed by atoms with E-state index >= 15 is 0 Å². The molecule has 0 aliphatic rings. The molecule has 0 unspecified atom stereocenters. The van der Waals surface area contributed by atoms with Crippen molar-refractivity contribution in [1.29, 1.82) is 0 Å². The second-order valence-electron chi connectivity index (χ2n) is 7.62. The maximum Gasteiger partial charge on any atom is 0.248 e. The van der Waals surface area contributed by atoms with Crippen molar-refractivity contribution < 1.29 is 18.7 Å². The Labute approximate surface area is 184 Å². The Kier molecular flexibility index (Phi) is 5.94. The molecule has 0 fully saturated rings. The van der Waals surface area contributed by atoms with Gasteiger partial charge in [-0.2, -0.15) is 0 Å². The van der Waals surface area contributed by atoms with Crippen LogP contribution in [0.4, 0.5) is 4.39 Å².